The maximum atomic E-state index is 12.2. The molecule has 4 heteroatoms. The first-order valence-corrected chi connectivity index (χ1v) is 4.85. The van der Waals surface area contributed by atoms with Gasteiger partial charge in [0.15, 0.2) is 0 Å². The Bertz CT molecular complexity index is 293. The molecule has 0 radical (unpaired) electrons. The van der Waals surface area contributed by atoms with Crippen molar-refractivity contribution in [2.45, 2.75) is 37.8 Å². The van der Waals surface area contributed by atoms with Gasteiger partial charge in [-0.25, -0.2) is 8.78 Å². The molecule has 1 fully saturated rings. The Balaban J connectivity index is 2.10. The first-order valence-electron chi connectivity index (χ1n) is 4.85. The standard InChI is InChI=1S/C10H12F2N2/c11-10(12)6-14-8-1-2-9(14)4-7(3-8)5-13/h3,8-10H,1-2,4,6H2. The zero-order valence-corrected chi connectivity index (χ0v) is 7.79. The second-order valence-corrected chi connectivity index (χ2v) is 3.89. The molecule has 2 bridgehead atoms. The van der Waals surface area contributed by atoms with Gasteiger partial charge in [0, 0.05) is 17.7 Å². The smallest absolute Gasteiger partial charge is 0.251 e. The van der Waals surface area contributed by atoms with Crippen LogP contribution in [0.25, 0.3) is 0 Å². The third-order valence-electron chi connectivity index (χ3n) is 3.03. The first-order chi connectivity index (χ1) is 6.70. The van der Waals surface area contributed by atoms with Gasteiger partial charge in [0.1, 0.15) is 0 Å². The number of hydrogen-bond acceptors (Lipinski definition) is 2. The zero-order valence-electron chi connectivity index (χ0n) is 7.79. The van der Waals surface area contributed by atoms with Gasteiger partial charge in [-0.1, -0.05) is 6.08 Å². The monoisotopic (exact) mass is 198 g/mol. The van der Waals surface area contributed by atoms with Crippen molar-refractivity contribution in [3.05, 3.63) is 11.6 Å². The summed E-state index contributed by atoms with van der Waals surface area (Å²) in [4.78, 5) is 1.84. The van der Waals surface area contributed by atoms with E-state index in [2.05, 4.69) is 6.07 Å². The van der Waals surface area contributed by atoms with Crippen LogP contribution in [-0.2, 0) is 0 Å². The van der Waals surface area contributed by atoms with E-state index in [9.17, 15) is 8.78 Å². The van der Waals surface area contributed by atoms with E-state index < -0.39 is 6.43 Å². The number of nitrogens with zero attached hydrogens (tertiary/aromatic N) is 2. The van der Waals surface area contributed by atoms with E-state index in [-0.39, 0.29) is 18.6 Å². The molecular weight excluding hydrogens is 186 g/mol. The molecule has 2 aliphatic heterocycles. The van der Waals surface area contributed by atoms with E-state index in [1.54, 1.807) is 0 Å². The third-order valence-corrected chi connectivity index (χ3v) is 3.03. The molecule has 0 spiro atoms. The minimum atomic E-state index is -2.27. The molecule has 0 saturated carbocycles. The highest BCUT2D eigenvalue weighted by molar-refractivity contribution is 5.28. The molecule has 14 heavy (non-hydrogen) atoms. The van der Waals surface area contributed by atoms with Gasteiger partial charge in [0.2, 0.25) is 0 Å². The molecular formula is C10H12F2N2. The highest BCUT2D eigenvalue weighted by atomic mass is 19.3. The SMILES string of the molecule is N#CC1=CC2CCC(C1)N2CC(F)F. The van der Waals surface area contributed by atoms with E-state index >= 15 is 0 Å². The van der Waals surface area contributed by atoms with E-state index in [1.165, 1.54) is 0 Å². The number of halogens is 2. The van der Waals surface area contributed by atoms with Crippen LogP contribution < -0.4 is 0 Å². The van der Waals surface area contributed by atoms with Crippen molar-refractivity contribution in [3.63, 3.8) is 0 Å². The Morgan fingerprint density at radius 2 is 2.36 bits per heavy atom. The molecule has 0 aromatic carbocycles. The van der Waals surface area contributed by atoms with Crippen molar-refractivity contribution < 1.29 is 8.78 Å². The molecule has 76 valence electrons. The van der Waals surface area contributed by atoms with Crippen LogP contribution in [-0.4, -0.2) is 30.0 Å². The summed E-state index contributed by atoms with van der Waals surface area (Å²) in [5.74, 6) is 0. The summed E-state index contributed by atoms with van der Waals surface area (Å²) in [6, 6.07) is 2.38. The Hall–Kier alpha value is -0.950. The molecule has 2 atom stereocenters. The lowest BCUT2D eigenvalue weighted by molar-refractivity contribution is 0.0677. The van der Waals surface area contributed by atoms with Gasteiger partial charge >= 0.3 is 0 Å². The lowest BCUT2D eigenvalue weighted by Crippen LogP contribution is -2.41. The van der Waals surface area contributed by atoms with Gasteiger partial charge in [-0.2, -0.15) is 5.26 Å². The summed E-state index contributed by atoms with van der Waals surface area (Å²) >= 11 is 0. The van der Waals surface area contributed by atoms with E-state index in [0.29, 0.717) is 6.42 Å². The van der Waals surface area contributed by atoms with Gasteiger partial charge in [0.05, 0.1) is 12.6 Å². The van der Waals surface area contributed by atoms with Crippen molar-refractivity contribution in [2.24, 2.45) is 0 Å². The Morgan fingerprint density at radius 1 is 1.57 bits per heavy atom. The summed E-state index contributed by atoms with van der Waals surface area (Å²) in [5, 5.41) is 8.74. The van der Waals surface area contributed by atoms with E-state index in [4.69, 9.17) is 5.26 Å². The maximum Gasteiger partial charge on any atom is 0.251 e. The lowest BCUT2D eigenvalue weighted by Gasteiger charge is -2.31. The number of hydrogen-bond donors (Lipinski definition) is 0. The number of rotatable bonds is 2. The van der Waals surface area contributed by atoms with Crippen LogP contribution in [0, 0.1) is 11.3 Å². The predicted molar refractivity (Wildman–Crippen MR) is 47.8 cm³/mol. The van der Waals surface area contributed by atoms with Crippen LogP contribution in [0.4, 0.5) is 8.78 Å². The summed E-state index contributed by atoms with van der Waals surface area (Å²) in [6.45, 7) is -0.148. The largest absolute Gasteiger partial charge is 0.288 e. The molecule has 1 saturated heterocycles. The van der Waals surface area contributed by atoms with Gasteiger partial charge in [0.25, 0.3) is 6.43 Å². The number of fused-ring (bicyclic) bond motifs is 2. The molecule has 2 unspecified atom stereocenters. The Kier molecular flexibility index (Phi) is 2.51. The van der Waals surface area contributed by atoms with Crippen molar-refractivity contribution in [1.82, 2.24) is 4.90 Å². The molecule has 0 aromatic rings. The second-order valence-electron chi connectivity index (χ2n) is 3.89. The molecule has 0 aromatic heterocycles. The van der Waals surface area contributed by atoms with Crippen LogP contribution in [0.2, 0.25) is 0 Å². The van der Waals surface area contributed by atoms with Gasteiger partial charge in [-0.05, 0) is 19.3 Å². The predicted octanol–water partition coefficient (Wildman–Crippen LogP) is 1.94. The third kappa shape index (κ3) is 1.64. The van der Waals surface area contributed by atoms with Crippen LogP contribution >= 0.6 is 0 Å². The fourth-order valence-electron chi connectivity index (χ4n) is 2.44. The maximum absolute atomic E-state index is 12.2. The summed E-state index contributed by atoms with van der Waals surface area (Å²) in [6.07, 6.45) is 2.10. The van der Waals surface area contributed by atoms with Crippen molar-refractivity contribution in [1.29, 1.82) is 5.26 Å². The van der Waals surface area contributed by atoms with Crippen molar-refractivity contribution in [2.75, 3.05) is 6.54 Å². The molecule has 2 rings (SSSR count). The highest BCUT2D eigenvalue weighted by Gasteiger charge is 2.37. The fourth-order valence-corrected chi connectivity index (χ4v) is 2.44. The van der Waals surface area contributed by atoms with Gasteiger partial charge < -0.3 is 0 Å². The molecule has 0 amide bonds. The molecule has 0 N–H and O–H groups in total. The fraction of sp³-hybridized carbons (Fsp3) is 0.700. The quantitative estimate of drug-likeness (QED) is 0.678. The van der Waals surface area contributed by atoms with Gasteiger partial charge in [-0.15, -0.1) is 0 Å². The second kappa shape index (κ2) is 3.66. The minimum Gasteiger partial charge on any atom is -0.288 e. The van der Waals surface area contributed by atoms with Gasteiger partial charge in [-0.3, -0.25) is 4.90 Å². The van der Waals surface area contributed by atoms with E-state index in [1.807, 2.05) is 11.0 Å². The number of nitriles is 1. The van der Waals surface area contributed by atoms with E-state index in [0.717, 1.165) is 18.4 Å². The summed E-state index contributed by atoms with van der Waals surface area (Å²) in [5.41, 5.74) is 0.767. The normalized spacial score (nSPS) is 31.7. The molecule has 2 nitrogen and oxygen atoms in total. The topological polar surface area (TPSA) is 27.0 Å². The minimum absolute atomic E-state index is 0.0809. The highest BCUT2D eigenvalue weighted by Crippen LogP contribution is 2.34. The molecule has 2 aliphatic rings. The summed E-state index contributed by atoms with van der Waals surface area (Å²) in [7, 11) is 0. The Morgan fingerprint density at radius 3 is 2.93 bits per heavy atom. The summed E-state index contributed by atoms with van der Waals surface area (Å²) < 4.78 is 24.5. The zero-order chi connectivity index (χ0) is 10.1. The lowest BCUT2D eigenvalue weighted by atomic mass is 10.0. The molecule has 0 aliphatic carbocycles. The van der Waals surface area contributed by atoms with Crippen molar-refractivity contribution >= 4 is 0 Å². The van der Waals surface area contributed by atoms with Crippen LogP contribution in [0.1, 0.15) is 19.3 Å². The average molecular weight is 198 g/mol. The number of alkyl halides is 2. The average Bonchev–Trinajstić information content (AvgIpc) is 2.38. The van der Waals surface area contributed by atoms with Crippen LogP contribution in [0.5, 0.6) is 0 Å². The van der Waals surface area contributed by atoms with Crippen LogP contribution in [0.3, 0.4) is 0 Å². The Labute approximate surface area is 81.8 Å². The first kappa shape index (κ1) is 9.60. The van der Waals surface area contributed by atoms with Crippen molar-refractivity contribution in [3.8, 4) is 6.07 Å². The van der Waals surface area contributed by atoms with Crippen LogP contribution in [0.15, 0.2) is 11.6 Å². The molecule has 2 heterocycles.